The fraction of sp³-hybridized carbons (Fsp3) is 0.650. The van der Waals surface area contributed by atoms with E-state index in [-0.39, 0.29) is 23.4 Å². The number of aryl methyl sites for hydroxylation is 1. The van der Waals surface area contributed by atoms with E-state index >= 15 is 0 Å². The molecule has 27 heavy (non-hydrogen) atoms. The van der Waals surface area contributed by atoms with Crippen LogP contribution in [-0.2, 0) is 4.79 Å². The lowest BCUT2D eigenvalue weighted by atomic mass is 9.88. The van der Waals surface area contributed by atoms with Crippen LogP contribution in [0.1, 0.15) is 41.6 Å². The van der Waals surface area contributed by atoms with Crippen LogP contribution in [0.5, 0.6) is 0 Å². The maximum Gasteiger partial charge on any atom is 0.256 e. The molecule has 0 radical (unpaired) electrons. The van der Waals surface area contributed by atoms with Crippen molar-refractivity contribution >= 4 is 23.4 Å². The fourth-order valence-corrected chi connectivity index (χ4v) is 4.94. The molecule has 0 aromatic carbocycles. The standard InChI is InChI=1S/C20H27ClN4O2/c1-13-8-17(21)22-9-16(13)18(26)24-10-15-5-4-14(24)11-25(15)19(27)20(6-7-20)12-23(2)3/h8-9,14-15H,4-7,10-12H2,1-3H3. The van der Waals surface area contributed by atoms with Gasteiger partial charge >= 0.3 is 0 Å². The summed E-state index contributed by atoms with van der Waals surface area (Å²) in [7, 11) is 4.05. The fourth-order valence-electron chi connectivity index (χ4n) is 4.73. The Labute approximate surface area is 165 Å². The summed E-state index contributed by atoms with van der Waals surface area (Å²) in [5.74, 6) is 0.301. The number of aromatic nitrogens is 1. The average Bonchev–Trinajstić information content (AvgIpc) is 3.40. The van der Waals surface area contributed by atoms with Gasteiger partial charge in [-0.3, -0.25) is 9.59 Å². The molecule has 0 spiro atoms. The van der Waals surface area contributed by atoms with E-state index in [9.17, 15) is 9.59 Å². The van der Waals surface area contributed by atoms with Gasteiger partial charge in [-0.15, -0.1) is 0 Å². The summed E-state index contributed by atoms with van der Waals surface area (Å²) in [5.41, 5.74) is 1.26. The number of rotatable bonds is 4. The van der Waals surface area contributed by atoms with Gasteiger partial charge in [0, 0.05) is 37.9 Å². The monoisotopic (exact) mass is 390 g/mol. The molecule has 2 bridgehead atoms. The number of hydrogen-bond acceptors (Lipinski definition) is 4. The second-order valence-corrected chi connectivity index (χ2v) is 9.03. The quantitative estimate of drug-likeness (QED) is 0.739. The minimum absolute atomic E-state index is 0.00731. The van der Waals surface area contributed by atoms with Gasteiger partial charge in [0.25, 0.3) is 5.91 Å². The van der Waals surface area contributed by atoms with Crippen molar-refractivity contribution in [2.75, 3.05) is 33.7 Å². The average molecular weight is 391 g/mol. The van der Waals surface area contributed by atoms with Gasteiger partial charge in [-0.1, -0.05) is 11.6 Å². The first-order chi connectivity index (χ1) is 12.8. The number of carbonyl (C=O) groups excluding carboxylic acids is 2. The van der Waals surface area contributed by atoms with Crippen LogP contribution in [0.4, 0.5) is 0 Å². The first kappa shape index (κ1) is 18.7. The predicted molar refractivity (Wildman–Crippen MR) is 104 cm³/mol. The van der Waals surface area contributed by atoms with Crippen molar-refractivity contribution in [3.8, 4) is 0 Å². The first-order valence-corrected chi connectivity index (χ1v) is 10.1. The van der Waals surface area contributed by atoms with Crippen molar-refractivity contribution in [3.05, 3.63) is 28.5 Å². The highest BCUT2D eigenvalue weighted by molar-refractivity contribution is 6.29. The molecule has 4 heterocycles. The number of fused-ring (bicyclic) bond motifs is 3. The summed E-state index contributed by atoms with van der Waals surface area (Å²) in [6.07, 6.45) is 5.48. The molecule has 6 nitrogen and oxygen atoms in total. The molecule has 4 aliphatic rings. The van der Waals surface area contributed by atoms with Crippen molar-refractivity contribution in [2.24, 2.45) is 5.41 Å². The third-order valence-corrected chi connectivity index (χ3v) is 6.49. The Kier molecular flexibility index (Phi) is 4.67. The number of carbonyl (C=O) groups is 2. The molecule has 2 unspecified atom stereocenters. The third-order valence-electron chi connectivity index (χ3n) is 6.29. The van der Waals surface area contributed by atoms with Crippen molar-refractivity contribution in [1.82, 2.24) is 19.7 Å². The SMILES string of the molecule is Cc1cc(Cl)ncc1C(=O)N1CC2CCC1CN2C(=O)C1(CN(C)C)CC1. The van der Waals surface area contributed by atoms with Gasteiger partial charge in [0.1, 0.15) is 5.15 Å². The van der Waals surface area contributed by atoms with Crippen LogP contribution in [-0.4, -0.2) is 77.3 Å². The van der Waals surface area contributed by atoms with E-state index in [4.69, 9.17) is 11.6 Å². The number of piperidine rings is 2. The van der Waals surface area contributed by atoms with Crippen molar-refractivity contribution in [3.63, 3.8) is 0 Å². The Morgan fingerprint density at radius 2 is 1.85 bits per heavy atom. The van der Waals surface area contributed by atoms with Crippen LogP contribution in [0.3, 0.4) is 0 Å². The summed E-state index contributed by atoms with van der Waals surface area (Å²) in [6, 6.07) is 1.95. The predicted octanol–water partition coefficient (Wildman–Crippen LogP) is 2.20. The smallest absolute Gasteiger partial charge is 0.256 e. The van der Waals surface area contributed by atoms with Crippen LogP contribution >= 0.6 is 11.6 Å². The largest absolute Gasteiger partial charge is 0.335 e. The van der Waals surface area contributed by atoms with E-state index in [1.54, 1.807) is 12.3 Å². The zero-order valence-electron chi connectivity index (χ0n) is 16.2. The van der Waals surface area contributed by atoms with E-state index in [1.807, 2.05) is 25.9 Å². The van der Waals surface area contributed by atoms with E-state index < -0.39 is 0 Å². The molecule has 5 rings (SSSR count). The number of nitrogens with zero attached hydrogens (tertiary/aromatic N) is 4. The van der Waals surface area contributed by atoms with Gasteiger partial charge < -0.3 is 14.7 Å². The molecule has 3 saturated heterocycles. The number of amides is 2. The van der Waals surface area contributed by atoms with Gasteiger partial charge in [0.15, 0.2) is 0 Å². The summed E-state index contributed by atoms with van der Waals surface area (Å²) in [5, 5.41) is 0.400. The highest BCUT2D eigenvalue weighted by Crippen LogP contribution is 2.49. The van der Waals surface area contributed by atoms with E-state index in [0.717, 1.165) is 37.8 Å². The molecule has 146 valence electrons. The molecular formula is C20H27ClN4O2. The second kappa shape index (κ2) is 6.74. The second-order valence-electron chi connectivity index (χ2n) is 8.64. The summed E-state index contributed by atoms with van der Waals surface area (Å²) >= 11 is 5.93. The van der Waals surface area contributed by atoms with Crippen molar-refractivity contribution in [1.29, 1.82) is 0 Å². The molecule has 1 aromatic rings. The van der Waals surface area contributed by atoms with Crippen LogP contribution in [0, 0.1) is 12.3 Å². The molecule has 4 fully saturated rings. The minimum Gasteiger partial charge on any atom is -0.335 e. The molecule has 1 saturated carbocycles. The molecular weight excluding hydrogens is 364 g/mol. The molecule has 7 heteroatoms. The van der Waals surface area contributed by atoms with Crippen LogP contribution in [0.2, 0.25) is 5.15 Å². The Hall–Kier alpha value is -1.66. The number of piperazine rings is 1. The van der Waals surface area contributed by atoms with E-state index in [2.05, 4.69) is 14.8 Å². The maximum atomic E-state index is 13.2. The molecule has 0 N–H and O–H groups in total. The molecule has 3 aliphatic heterocycles. The molecule has 2 amide bonds. The Bertz CT molecular complexity index is 777. The van der Waals surface area contributed by atoms with Gasteiger partial charge in [-0.05, 0) is 58.3 Å². The normalized spacial score (nSPS) is 25.8. The summed E-state index contributed by atoms with van der Waals surface area (Å²) < 4.78 is 0. The highest BCUT2D eigenvalue weighted by atomic mass is 35.5. The lowest BCUT2D eigenvalue weighted by molar-refractivity contribution is -0.147. The summed E-state index contributed by atoms with van der Waals surface area (Å²) in [4.78, 5) is 36.5. The molecule has 1 aliphatic carbocycles. The van der Waals surface area contributed by atoms with Gasteiger partial charge in [-0.25, -0.2) is 4.98 Å². The Balaban J connectivity index is 1.49. The maximum absolute atomic E-state index is 13.2. The number of pyridine rings is 1. The zero-order chi connectivity index (χ0) is 19.3. The first-order valence-electron chi connectivity index (χ1n) is 9.70. The number of hydrogen-bond donors (Lipinski definition) is 0. The van der Waals surface area contributed by atoms with Crippen LogP contribution in [0.25, 0.3) is 0 Å². The Morgan fingerprint density at radius 3 is 2.37 bits per heavy atom. The summed E-state index contributed by atoms with van der Waals surface area (Å²) in [6.45, 7) is 3.98. The van der Waals surface area contributed by atoms with Crippen LogP contribution < -0.4 is 0 Å². The lowest BCUT2D eigenvalue weighted by Gasteiger charge is -2.52. The van der Waals surface area contributed by atoms with E-state index in [1.165, 1.54) is 0 Å². The molecule has 1 aromatic heterocycles. The Morgan fingerprint density at radius 1 is 1.22 bits per heavy atom. The lowest BCUT2D eigenvalue weighted by Crippen LogP contribution is -2.66. The zero-order valence-corrected chi connectivity index (χ0v) is 17.0. The van der Waals surface area contributed by atoms with E-state index in [0.29, 0.717) is 29.7 Å². The minimum atomic E-state index is -0.188. The van der Waals surface area contributed by atoms with Gasteiger partial charge in [0.05, 0.1) is 11.0 Å². The van der Waals surface area contributed by atoms with Crippen molar-refractivity contribution < 1.29 is 9.59 Å². The highest BCUT2D eigenvalue weighted by Gasteiger charge is 2.55. The van der Waals surface area contributed by atoms with Gasteiger partial charge in [-0.2, -0.15) is 0 Å². The molecule has 2 atom stereocenters. The van der Waals surface area contributed by atoms with Crippen molar-refractivity contribution in [2.45, 2.75) is 44.7 Å². The third kappa shape index (κ3) is 3.34. The number of halogens is 1. The van der Waals surface area contributed by atoms with Crippen LogP contribution in [0.15, 0.2) is 12.3 Å². The topological polar surface area (TPSA) is 56.8 Å². The van der Waals surface area contributed by atoms with Gasteiger partial charge in [0.2, 0.25) is 5.91 Å².